The zero-order chi connectivity index (χ0) is 26.7. The van der Waals surface area contributed by atoms with Crippen LogP contribution in [0.25, 0.3) is 10.8 Å². The lowest BCUT2D eigenvalue weighted by Crippen LogP contribution is -2.62. The first-order chi connectivity index (χ1) is 16.8. The summed E-state index contributed by atoms with van der Waals surface area (Å²) in [5.41, 5.74) is -0.705. The largest absolute Gasteiger partial charge is 0.467 e. The molecule has 0 saturated heterocycles. The van der Waals surface area contributed by atoms with Crippen molar-refractivity contribution in [2.45, 2.75) is 58.2 Å². The molecular formula is C28H34N2O6. The average molecular weight is 495 g/mol. The van der Waals surface area contributed by atoms with Crippen molar-refractivity contribution in [1.29, 1.82) is 0 Å². The van der Waals surface area contributed by atoms with E-state index in [4.69, 9.17) is 14.6 Å². The fourth-order valence-electron chi connectivity index (χ4n) is 3.77. The zero-order valence-electron chi connectivity index (χ0n) is 21.6. The molecule has 0 aliphatic heterocycles. The molecule has 0 unspecified atom stereocenters. The van der Waals surface area contributed by atoms with E-state index in [9.17, 15) is 14.4 Å². The summed E-state index contributed by atoms with van der Waals surface area (Å²) in [7, 11) is 1.22. The van der Waals surface area contributed by atoms with Crippen molar-refractivity contribution < 1.29 is 29.0 Å². The molecule has 2 aromatic rings. The van der Waals surface area contributed by atoms with Gasteiger partial charge in [0.25, 0.3) is 5.91 Å². The number of ether oxygens (including phenoxy) is 2. The fourth-order valence-corrected chi connectivity index (χ4v) is 3.77. The highest BCUT2D eigenvalue weighted by atomic mass is 16.6. The van der Waals surface area contributed by atoms with Crippen LogP contribution >= 0.6 is 0 Å². The van der Waals surface area contributed by atoms with E-state index >= 15 is 0 Å². The molecule has 36 heavy (non-hydrogen) atoms. The molecule has 1 aliphatic rings. The van der Waals surface area contributed by atoms with E-state index in [1.165, 1.54) is 7.11 Å². The smallest absolute Gasteiger partial charge is 0.408 e. The number of nitrogens with one attached hydrogen (secondary N) is 2. The van der Waals surface area contributed by atoms with Gasteiger partial charge in [-0.2, -0.15) is 0 Å². The van der Waals surface area contributed by atoms with Crippen LogP contribution in [0, 0.1) is 23.7 Å². The predicted octanol–water partition coefficient (Wildman–Crippen LogP) is 3.39. The summed E-state index contributed by atoms with van der Waals surface area (Å²) in [5, 5.41) is 16.3. The van der Waals surface area contributed by atoms with E-state index in [0.29, 0.717) is 5.56 Å². The van der Waals surface area contributed by atoms with Gasteiger partial charge in [-0.1, -0.05) is 24.0 Å². The molecule has 1 saturated carbocycles. The minimum atomic E-state index is -1.20. The first-order valence-electron chi connectivity index (χ1n) is 11.9. The van der Waals surface area contributed by atoms with Gasteiger partial charge < -0.3 is 25.2 Å². The molecule has 8 heteroatoms. The van der Waals surface area contributed by atoms with Gasteiger partial charge in [-0.05, 0) is 82.0 Å². The number of fused-ring (bicyclic) bond motifs is 1. The summed E-state index contributed by atoms with van der Waals surface area (Å²) in [4.78, 5) is 37.9. The molecule has 0 bridgehead atoms. The Morgan fingerprint density at radius 3 is 2.36 bits per heavy atom. The van der Waals surface area contributed by atoms with Crippen molar-refractivity contribution in [2.24, 2.45) is 11.8 Å². The molecule has 3 N–H and O–H groups in total. The molecule has 192 valence electrons. The Balaban J connectivity index is 1.76. The van der Waals surface area contributed by atoms with Crippen LogP contribution in [0.5, 0.6) is 0 Å². The van der Waals surface area contributed by atoms with Crippen molar-refractivity contribution in [3.63, 3.8) is 0 Å². The SMILES string of the molecule is COC(=O)[C@@H](NC(=O)c1ccc2cc(C#C[C@@H]3C[C@H]3CO)ccc2c1)C(C)(C)NC(=O)OC(C)(C)C. The maximum Gasteiger partial charge on any atom is 0.408 e. The third-order valence-electron chi connectivity index (χ3n) is 5.92. The van der Waals surface area contributed by atoms with Crippen molar-refractivity contribution >= 4 is 28.7 Å². The van der Waals surface area contributed by atoms with Crippen molar-refractivity contribution in [3.8, 4) is 11.8 Å². The normalized spacial score (nSPS) is 17.9. The summed E-state index contributed by atoms with van der Waals surface area (Å²) >= 11 is 0. The van der Waals surface area contributed by atoms with Crippen LogP contribution in [-0.2, 0) is 14.3 Å². The molecule has 0 spiro atoms. The Morgan fingerprint density at radius 2 is 1.75 bits per heavy atom. The standard InChI is InChI=1S/C28H34N2O6/c1-27(2,3)36-26(34)30-28(4,5)23(25(33)35-6)29-24(32)21-12-11-18-13-17(7-9-19(18)14-21)8-10-20-15-22(20)16-31/h7,9,11-14,20,22-23,31H,15-16H2,1-6H3,(H,29,32)(H,30,34)/t20-,22+,23-/m1/s1. The third kappa shape index (κ3) is 6.98. The lowest BCUT2D eigenvalue weighted by Gasteiger charge is -2.34. The Kier molecular flexibility index (Phi) is 7.95. The average Bonchev–Trinajstić information content (AvgIpc) is 3.57. The number of alkyl carbamates (subject to hydrolysis) is 1. The van der Waals surface area contributed by atoms with E-state index in [1.54, 1.807) is 46.8 Å². The van der Waals surface area contributed by atoms with Crippen LogP contribution in [0.2, 0.25) is 0 Å². The van der Waals surface area contributed by atoms with Gasteiger partial charge >= 0.3 is 12.1 Å². The Labute approximate surface area is 211 Å². The lowest BCUT2D eigenvalue weighted by atomic mass is 9.94. The van der Waals surface area contributed by atoms with Crippen molar-refractivity contribution in [3.05, 3.63) is 47.5 Å². The number of hydrogen-bond donors (Lipinski definition) is 3. The lowest BCUT2D eigenvalue weighted by molar-refractivity contribution is -0.144. The highest BCUT2D eigenvalue weighted by molar-refractivity contribution is 6.00. The van der Waals surface area contributed by atoms with Crippen LogP contribution in [0.1, 0.15) is 57.0 Å². The Morgan fingerprint density at radius 1 is 1.08 bits per heavy atom. The van der Waals surface area contributed by atoms with E-state index in [1.807, 2.05) is 24.3 Å². The van der Waals surface area contributed by atoms with Gasteiger partial charge in [0.15, 0.2) is 0 Å². The van der Waals surface area contributed by atoms with Gasteiger partial charge in [-0.25, -0.2) is 9.59 Å². The van der Waals surface area contributed by atoms with Crippen LogP contribution in [0.4, 0.5) is 4.79 Å². The van der Waals surface area contributed by atoms with Crippen molar-refractivity contribution in [1.82, 2.24) is 10.6 Å². The summed E-state index contributed by atoms with van der Waals surface area (Å²) in [6, 6.07) is 9.77. The molecule has 2 amide bonds. The monoisotopic (exact) mass is 494 g/mol. The molecule has 1 fully saturated rings. The van der Waals surface area contributed by atoms with Gasteiger partial charge in [0, 0.05) is 23.7 Å². The number of amides is 2. The van der Waals surface area contributed by atoms with Gasteiger partial charge in [0.05, 0.1) is 12.6 Å². The molecular weight excluding hydrogens is 460 g/mol. The van der Waals surface area contributed by atoms with Gasteiger partial charge in [0.2, 0.25) is 0 Å². The molecule has 2 aromatic carbocycles. The minimum absolute atomic E-state index is 0.174. The summed E-state index contributed by atoms with van der Waals surface area (Å²) in [6.07, 6.45) is 0.223. The number of methoxy groups -OCH3 is 1. The highest BCUT2D eigenvalue weighted by Gasteiger charge is 2.40. The summed E-state index contributed by atoms with van der Waals surface area (Å²) in [5.74, 6) is 5.70. The molecule has 3 atom stereocenters. The predicted molar refractivity (Wildman–Crippen MR) is 136 cm³/mol. The topological polar surface area (TPSA) is 114 Å². The number of rotatable bonds is 6. The number of aliphatic hydroxyl groups excluding tert-OH is 1. The summed E-state index contributed by atoms with van der Waals surface area (Å²) in [6.45, 7) is 8.57. The molecule has 1 aliphatic carbocycles. The quantitative estimate of drug-likeness (QED) is 0.419. The zero-order valence-corrected chi connectivity index (χ0v) is 21.6. The Bertz CT molecular complexity index is 1220. The van der Waals surface area contributed by atoms with E-state index in [0.717, 1.165) is 22.8 Å². The number of esters is 1. The van der Waals surface area contributed by atoms with Gasteiger partial charge in [-0.15, -0.1) is 0 Å². The number of aliphatic hydroxyl groups is 1. The first kappa shape index (κ1) is 27.0. The van der Waals surface area contributed by atoms with Crippen molar-refractivity contribution in [2.75, 3.05) is 13.7 Å². The fraction of sp³-hybridized carbons (Fsp3) is 0.464. The second kappa shape index (κ2) is 10.6. The van der Waals surface area contributed by atoms with E-state index in [-0.39, 0.29) is 18.4 Å². The minimum Gasteiger partial charge on any atom is -0.467 e. The second-order valence-corrected chi connectivity index (χ2v) is 10.6. The molecule has 0 heterocycles. The van der Waals surface area contributed by atoms with E-state index in [2.05, 4.69) is 22.5 Å². The number of benzene rings is 2. The van der Waals surface area contributed by atoms with Gasteiger partial charge in [-0.3, -0.25) is 4.79 Å². The number of carbonyl (C=O) groups is 3. The molecule has 8 nitrogen and oxygen atoms in total. The van der Waals surface area contributed by atoms with Gasteiger partial charge in [0.1, 0.15) is 11.6 Å². The van der Waals surface area contributed by atoms with Crippen LogP contribution in [-0.4, -0.2) is 54.0 Å². The Hall–Kier alpha value is -3.57. The van der Waals surface area contributed by atoms with Crippen LogP contribution in [0.15, 0.2) is 36.4 Å². The van der Waals surface area contributed by atoms with Crippen LogP contribution in [0.3, 0.4) is 0 Å². The number of carbonyl (C=O) groups excluding carboxylic acids is 3. The third-order valence-corrected chi connectivity index (χ3v) is 5.92. The molecule has 3 rings (SSSR count). The number of hydrogen-bond acceptors (Lipinski definition) is 6. The summed E-state index contributed by atoms with van der Waals surface area (Å²) < 4.78 is 10.2. The highest BCUT2D eigenvalue weighted by Crippen LogP contribution is 2.37. The molecule has 0 aromatic heterocycles. The van der Waals surface area contributed by atoms with Crippen LogP contribution < -0.4 is 10.6 Å². The maximum absolute atomic E-state index is 13.1. The molecule has 0 radical (unpaired) electrons. The maximum atomic E-state index is 13.1. The first-order valence-corrected chi connectivity index (χ1v) is 11.9. The van der Waals surface area contributed by atoms with E-state index < -0.39 is 35.2 Å². The second-order valence-electron chi connectivity index (χ2n) is 10.6.